The zero-order valence-electron chi connectivity index (χ0n) is 10.9. The van der Waals surface area contributed by atoms with Crippen LogP contribution >= 0.6 is 0 Å². The third-order valence-corrected chi connectivity index (χ3v) is 5.18. The first-order chi connectivity index (χ1) is 6.88. The van der Waals surface area contributed by atoms with Gasteiger partial charge in [0.05, 0.1) is 0 Å². The third kappa shape index (κ3) is 2.74. The van der Waals surface area contributed by atoms with Gasteiger partial charge in [-0.05, 0) is 27.7 Å². The molecular weight excluding hydrogens is 228 g/mol. The highest BCUT2D eigenvalue weighted by atomic mass is 32.2. The van der Waals surface area contributed by atoms with Crippen molar-refractivity contribution in [3.8, 4) is 0 Å². The predicted molar refractivity (Wildman–Crippen MR) is 64.8 cm³/mol. The Labute approximate surface area is 97.9 Å². The first kappa shape index (κ1) is 15.4. The van der Waals surface area contributed by atoms with Gasteiger partial charge in [0.2, 0.25) is 5.91 Å². The quantitative estimate of drug-likeness (QED) is 0.762. The van der Waals surface area contributed by atoms with Crippen LogP contribution in [0, 0.1) is 0 Å². The Bertz CT molecular complexity index is 372. The van der Waals surface area contributed by atoms with Crippen LogP contribution in [-0.2, 0) is 14.6 Å². The highest BCUT2D eigenvalue weighted by Gasteiger charge is 2.43. The molecule has 0 atom stereocenters. The van der Waals surface area contributed by atoms with Crippen LogP contribution in [0.5, 0.6) is 0 Å². The normalized spacial score (nSPS) is 13.7. The van der Waals surface area contributed by atoms with Crippen LogP contribution in [0.3, 0.4) is 0 Å². The molecule has 0 saturated carbocycles. The van der Waals surface area contributed by atoms with Gasteiger partial charge in [0.15, 0.2) is 9.84 Å². The molecule has 0 unspecified atom stereocenters. The standard InChI is InChI=1S/C10H22N2O3S/c1-9(2,7-11)12(5)8(13)10(3,4)16(6,14)15/h7,11H2,1-6H3. The Morgan fingerprint density at radius 2 is 1.62 bits per heavy atom. The summed E-state index contributed by atoms with van der Waals surface area (Å²) in [6.45, 7) is 6.68. The summed E-state index contributed by atoms with van der Waals surface area (Å²) in [5.74, 6) is -0.439. The van der Waals surface area contributed by atoms with Crippen LogP contribution in [0.2, 0.25) is 0 Å². The molecule has 0 radical (unpaired) electrons. The maximum Gasteiger partial charge on any atom is 0.243 e. The Kier molecular flexibility index (Phi) is 4.16. The number of carbonyl (C=O) groups excluding carboxylic acids is 1. The molecule has 0 aliphatic rings. The zero-order valence-corrected chi connectivity index (χ0v) is 11.7. The average molecular weight is 250 g/mol. The SMILES string of the molecule is CN(C(=O)C(C)(C)S(C)(=O)=O)C(C)(C)CN. The highest BCUT2D eigenvalue weighted by molar-refractivity contribution is 7.92. The molecule has 0 aromatic carbocycles. The van der Waals surface area contributed by atoms with Gasteiger partial charge in [-0.2, -0.15) is 0 Å². The Morgan fingerprint density at radius 1 is 1.25 bits per heavy atom. The van der Waals surface area contributed by atoms with Crippen molar-refractivity contribution in [2.75, 3.05) is 19.8 Å². The molecule has 16 heavy (non-hydrogen) atoms. The van der Waals surface area contributed by atoms with Gasteiger partial charge in [-0.25, -0.2) is 8.42 Å². The van der Waals surface area contributed by atoms with E-state index < -0.39 is 26.0 Å². The highest BCUT2D eigenvalue weighted by Crippen LogP contribution is 2.22. The second kappa shape index (κ2) is 4.33. The number of nitrogens with two attached hydrogens (primary N) is 1. The first-order valence-corrected chi connectivity index (χ1v) is 6.95. The number of likely N-dealkylation sites (N-methyl/N-ethyl adjacent to an activating group) is 1. The number of hydrogen-bond acceptors (Lipinski definition) is 4. The summed E-state index contributed by atoms with van der Waals surface area (Å²) in [5.41, 5.74) is 5.00. The van der Waals surface area contributed by atoms with E-state index in [-0.39, 0.29) is 6.54 Å². The number of rotatable bonds is 4. The lowest BCUT2D eigenvalue weighted by Crippen LogP contribution is -2.57. The van der Waals surface area contributed by atoms with E-state index in [4.69, 9.17) is 5.73 Å². The minimum absolute atomic E-state index is 0.273. The fourth-order valence-corrected chi connectivity index (χ4v) is 1.43. The smallest absolute Gasteiger partial charge is 0.243 e. The van der Waals surface area contributed by atoms with Crippen molar-refractivity contribution in [3.05, 3.63) is 0 Å². The van der Waals surface area contributed by atoms with Gasteiger partial charge < -0.3 is 10.6 Å². The van der Waals surface area contributed by atoms with Crippen LogP contribution in [-0.4, -0.2) is 49.4 Å². The minimum Gasteiger partial charge on any atom is -0.338 e. The molecule has 0 saturated heterocycles. The van der Waals surface area contributed by atoms with Crippen molar-refractivity contribution >= 4 is 15.7 Å². The molecular formula is C10H22N2O3S. The van der Waals surface area contributed by atoms with Gasteiger partial charge in [-0.1, -0.05) is 0 Å². The lowest BCUT2D eigenvalue weighted by atomic mass is 10.0. The summed E-state index contributed by atoms with van der Waals surface area (Å²) in [6.07, 6.45) is 1.06. The molecule has 5 nitrogen and oxygen atoms in total. The van der Waals surface area contributed by atoms with Crippen LogP contribution < -0.4 is 5.73 Å². The molecule has 0 bridgehead atoms. The number of hydrogen-bond donors (Lipinski definition) is 1. The van der Waals surface area contributed by atoms with Crippen LogP contribution in [0.15, 0.2) is 0 Å². The zero-order chi connectivity index (χ0) is 13.4. The van der Waals surface area contributed by atoms with Gasteiger partial charge >= 0.3 is 0 Å². The van der Waals surface area contributed by atoms with Gasteiger partial charge in [0.25, 0.3) is 0 Å². The molecule has 96 valence electrons. The van der Waals surface area contributed by atoms with Gasteiger partial charge in [0, 0.05) is 25.4 Å². The second-order valence-electron chi connectivity index (χ2n) is 5.16. The van der Waals surface area contributed by atoms with Crippen LogP contribution in [0.4, 0.5) is 0 Å². The van der Waals surface area contributed by atoms with Gasteiger partial charge in [0.1, 0.15) is 4.75 Å². The molecule has 6 heteroatoms. The van der Waals surface area contributed by atoms with Crippen molar-refractivity contribution in [2.45, 2.75) is 38.0 Å². The van der Waals surface area contributed by atoms with E-state index in [1.807, 2.05) is 0 Å². The molecule has 0 heterocycles. The number of nitrogens with zero attached hydrogens (tertiary/aromatic N) is 1. The van der Waals surface area contributed by atoms with Crippen molar-refractivity contribution in [2.24, 2.45) is 5.73 Å². The lowest BCUT2D eigenvalue weighted by molar-refractivity contribution is -0.136. The maximum absolute atomic E-state index is 12.1. The van der Waals surface area contributed by atoms with E-state index in [9.17, 15) is 13.2 Å². The van der Waals surface area contributed by atoms with Crippen molar-refractivity contribution < 1.29 is 13.2 Å². The third-order valence-electron chi connectivity index (χ3n) is 3.15. The first-order valence-electron chi connectivity index (χ1n) is 5.06. The number of carbonyl (C=O) groups is 1. The number of sulfone groups is 1. The lowest BCUT2D eigenvalue weighted by Gasteiger charge is -2.38. The minimum atomic E-state index is -3.45. The van der Waals surface area contributed by atoms with Gasteiger partial charge in [-0.15, -0.1) is 0 Å². The summed E-state index contributed by atoms with van der Waals surface area (Å²) in [5, 5.41) is 0. The number of amides is 1. The second-order valence-corrected chi connectivity index (χ2v) is 7.73. The molecule has 0 fully saturated rings. The monoisotopic (exact) mass is 250 g/mol. The van der Waals surface area contributed by atoms with E-state index in [1.54, 1.807) is 20.9 Å². The predicted octanol–water partition coefficient (Wildman–Crippen LogP) is 0.00530. The fraction of sp³-hybridized carbons (Fsp3) is 0.900. The van der Waals surface area contributed by atoms with Crippen LogP contribution in [0.1, 0.15) is 27.7 Å². The Morgan fingerprint density at radius 3 is 1.88 bits per heavy atom. The van der Waals surface area contributed by atoms with E-state index in [0.717, 1.165) is 6.26 Å². The molecule has 0 spiro atoms. The van der Waals surface area contributed by atoms with Crippen molar-refractivity contribution in [1.29, 1.82) is 0 Å². The van der Waals surface area contributed by atoms with E-state index >= 15 is 0 Å². The molecule has 0 rings (SSSR count). The largest absolute Gasteiger partial charge is 0.338 e. The maximum atomic E-state index is 12.1. The van der Waals surface area contributed by atoms with E-state index in [0.29, 0.717) is 0 Å². The molecule has 0 aromatic rings. The molecule has 2 N–H and O–H groups in total. The summed E-state index contributed by atoms with van der Waals surface area (Å²) < 4.78 is 21.6. The fourth-order valence-electron chi connectivity index (χ4n) is 0.974. The van der Waals surface area contributed by atoms with Crippen LogP contribution in [0.25, 0.3) is 0 Å². The van der Waals surface area contributed by atoms with Gasteiger partial charge in [-0.3, -0.25) is 4.79 Å². The van der Waals surface area contributed by atoms with E-state index in [2.05, 4.69) is 0 Å². The molecule has 1 amide bonds. The molecule has 0 aliphatic heterocycles. The molecule has 0 aromatic heterocycles. The summed E-state index contributed by atoms with van der Waals surface area (Å²) in [4.78, 5) is 13.5. The Balaban J connectivity index is 5.26. The average Bonchev–Trinajstić information content (AvgIpc) is 2.13. The topological polar surface area (TPSA) is 80.5 Å². The Hall–Kier alpha value is -0.620. The van der Waals surface area contributed by atoms with Crippen molar-refractivity contribution in [3.63, 3.8) is 0 Å². The molecule has 0 aliphatic carbocycles. The summed E-state index contributed by atoms with van der Waals surface area (Å²) in [7, 11) is -1.88. The van der Waals surface area contributed by atoms with Crippen molar-refractivity contribution in [1.82, 2.24) is 4.90 Å². The van der Waals surface area contributed by atoms with E-state index in [1.165, 1.54) is 18.7 Å². The summed E-state index contributed by atoms with van der Waals surface area (Å²) in [6, 6.07) is 0. The summed E-state index contributed by atoms with van der Waals surface area (Å²) >= 11 is 0.